The highest BCUT2D eigenvalue weighted by Gasteiger charge is 2.30. The summed E-state index contributed by atoms with van der Waals surface area (Å²) in [5, 5.41) is 3.77. The Labute approximate surface area is 121 Å². The predicted octanol–water partition coefficient (Wildman–Crippen LogP) is 3.77. The highest BCUT2D eigenvalue weighted by Crippen LogP contribution is 2.21. The zero-order chi connectivity index (χ0) is 14.4. The summed E-state index contributed by atoms with van der Waals surface area (Å²) < 4.78 is 0. The highest BCUT2D eigenvalue weighted by molar-refractivity contribution is 4.88. The summed E-state index contributed by atoms with van der Waals surface area (Å²) in [4.78, 5) is 2.79. The van der Waals surface area contributed by atoms with Crippen LogP contribution in [0.2, 0.25) is 0 Å². The maximum atomic E-state index is 3.77. The molecule has 1 heterocycles. The van der Waals surface area contributed by atoms with E-state index in [0.29, 0.717) is 6.04 Å². The molecule has 0 bridgehead atoms. The third kappa shape index (κ3) is 5.43. The molecular weight excluding hydrogens is 232 g/mol. The summed E-state index contributed by atoms with van der Waals surface area (Å²) in [6, 6.07) is 1.42. The van der Waals surface area contributed by atoms with Crippen LogP contribution in [0.25, 0.3) is 0 Å². The van der Waals surface area contributed by atoms with Gasteiger partial charge in [-0.05, 0) is 24.2 Å². The van der Waals surface area contributed by atoms with Gasteiger partial charge in [0.1, 0.15) is 0 Å². The molecular formula is C17H36N2. The van der Waals surface area contributed by atoms with Crippen molar-refractivity contribution in [3.8, 4) is 0 Å². The summed E-state index contributed by atoms with van der Waals surface area (Å²) in [6.07, 6.45) is 3.97. The fraction of sp³-hybridized carbons (Fsp3) is 1.00. The van der Waals surface area contributed by atoms with Gasteiger partial charge in [0.05, 0.1) is 0 Å². The number of piperazine rings is 1. The molecule has 0 amide bonds. The minimum Gasteiger partial charge on any atom is -0.311 e. The van der Waals surface area contributed by atoms with Gasteiger partial charge in [0, 0.05) is 31.7 Å². The van der Waals surface area contributed by atoms with Crippen LogP contribution >= 0.6 is 0 Å². The minimum atomic E-state index is 0.678. The van der Waals surface area contributed by atoms with Gasteiger partial charge in [-0.3, -0.25) is 4.90 Å². The van der Waals surface area contributed by atoms with Crippen LogP contribution in [-0.4, -0.2) is 36.6 Å². The normalized spacial score (nSPS) is 25.7. The van der Waals surface area contributed by atoms with Crippen molar-refractivity contribution in [2.45, 2.75) is 72.9 Å². The predicted molar refractivity (Wildman–Crippen MR) is 85.5 cm³/mol. The molecule has 1 fully saturated rings. The highest BCUT2D eigenvalue weighted by atomic mass is 15.2. The molecule has 1 aliphatic heterocycles. The Morgan fingerprint density at radius 2 is 1.74 bits per heavy atom. The lowest BCUT2D eigenvalue weighted by Crippen LogP contribution is -2.59. The fourth-order valence-electron chi connectivity index (χ4n) is 3.21. The van der Waals surface area contributed by atoms with E-state index in [-0.39, 0.29) is 0 Å². The molecule has 1 N–H and O–H groups in total. The molecule has 2 heteroatoms. The molecule has 0 aromatic carbocycles. The van der Waals surface area contributed by atoms with E-state index in [0.717, 1.165) is 23.8 Å². The number of rotatable bonds is 7. The molecule has 0 saturated carbocycles. The van der Waals surface area contributed by atoms with Crippen LogP contribution in [0.5, 0.6) is 0 Å². The molecule has 2 unspecified atom stereocenters. The Balaban J connectivity index is 2.64. The Bertz CT molecular complexity index is 231. The van der Waals surface area contributed by atoms with Gasteiger partial charge in [-0.15, -0.1) is 0 Å². The summed E-state index contributed by atoms with van der Waals surface area (Å²) in [6.45, 7) is 17.8. The van der Waals surface area contributed by atoms with Gasteiger partial charge in [-0.1, -0.05) is 54.4 Å². The van der Waals surface area contributed by atoms with Gasteiger partial charge in [-0.25, -0.2) is 0 Å². The second kappa shape index (κ2) is 8.26. The van der Waals surface area contributed by atoms with Gasteiger partial charge in [0.2, 0.25) is 0 Å². The number of hydrogen-bond donors (Lipinski definition) is 1. The Morgan fingerprint density at radius 3 is 2.21 bits per heavy atom. The first-order chi connectivity index (χ1) is 8.97. The third-order valence-electron chi connectivity index (χ3n) is 4.76. The van der Waals surface area contributed by atoms with Crippen molar-refractivity contribution in [3.05, 3.63) is 0 Å². The fourth-order valence-corrected chi connectivity index (χ4v) is 3.21. The van der Waals surface area contributed by atoms with Crippen LogP contribution in [-0.2, 0) is 0 Å². The Hall–Kier alpha value is -0.0800. The lowest BCUT2D eigenvalue weighted by Gasteiger charge is -2.44. The van der Waals surface area contributed by atoms with E-state index in [1.807, 2.05) is 0 Å². The molecule has 114 valence electrons. The van der Waals surface area contributed by atoms with E-state index in [9.17, 15) is 0 Å². The van der Waals surface area contributed by atoms with Gasteiger partial charge in [0.15, 0.2) is 0 Å². The van der Waals surface area contributed by atoms with Gasteiger partial charge in [-0.2, -0.15) is 0 Å². The summed E-state index contributed by atoms with van der Waals surface area (Å²) >= 11 is 0. The maximum Gasteiger partial charge on any atom is 0.0223 e. The summed E-state index contributed by atoms with van der Waals surface area (Å²) in [5.74, 6) is 2.41. The molecule has 19 heavy (non-hydrogen) atoms. The standard InChI is InChI=1S/C17H36N2/c1-7-15(8-2)11-19-12-17(14(5)6)18-10-16(19)9-13(3)4/h13-18H,7-12H2,1-6H3. The van der Waals surface area contributed by atoms with E-state index in [1.54, 1.807) is 0 Å². The van der Waals surface area contributed by atoms with Gasteiger partial charge in [0.25, 0.3) is 0 Å². The molecule has 0 aliphatic carbocycles. The van der Waals surface area contributed by atoms with Gasteiger partial charge >= 0.3 is 0 Å². The smallest absolute Gasteiger partial charge is 0.0223 e. The Kier molecular flexibility index (Phi) is 7.38. The van der Waals surface area contributed by atoms with E-state index >= 15 is 0 Å². The zero-order valence-electron chi connectivity index (χ0n) is 14.1. The second-order valence-corrected chi connectivity index (χ2v) is 7.18. The summed E-state index contributed by atoms with van der Waals surface area (Å²) in [5.41, 5.74) is 0. The molecule has 0 aromatic rings. The third-order valence-corrected chi connectivity index (χ3v) is 4.76. The first-order valence-electron chi connectivity index (χ1n) is 8.45. The number of nitrogens with zero attached hydrogens (tertiary/aromatic N) is 1. The largest absolute Gasteiger partial charge is 0.311 e. The van der Waals surface area contributed by atoms with Gasteiger partial charge < -0.3 is 5.32 Å². The minimum absolute atomic E-state index is 0.678. The number of nitrogens with one attached hydrogen (secondary N) is 1. The molecule has 0 radical (unpaired) electrons. The molecule has 0 aromatic heterocycles. The molecule has 1 saturated heterocycles. The van der Waals surface area contributed by atoms with E-state index < -0.39 is 0 Å². The van der Waals surface area contributed by atoms with Crippen molar-refractivity contribution in [2.75, 3.05) is 19.6 Å². The average Bonchev–Trinajstić information content (AvgIpc) is 2.36. The monoisotopic (exact) mass is 268 g/mol. The van der Waals surface area contributed by atoms with Crippen LogP contribution in [0.3, 0.4) is 0 Å². The van der Waals surface area contributed by atoms with Crippen molar-refractivity contribution >= 4 is 0 Å². The van der Waals surface area contributed by atoms with Crippen molar-refractivity contribution in [1.82, 2.24) is 10.2 Å². The number of hydrogen-bond acceptors (Lipinski definition) is 2. The average molecular weight is 268 g/mol. The van der Waals surface area contributed by atoms with E-state index in [1.165, 1.54) is 38.9 Å². The second-order valence-electron chi connectivity index (χ2n) is 7.18. The Morgan fingerprint density at radius 1 is 1.11 bits per heavy atom. The van der Waals surface area contributed by atoms with Crippen molar-refractivity contribution in [1.29, 1.82) is 0 Å². The summed E-state index contributed by atoms with van der Waals surface area (Å²) in [7, 11) is 0. The quantitative estimate of drug-likeness (QED) is 0.756. The van der Waals surface area contributed by atoms with Crippen molar-refractivity contribution in [2.24, 2.45) is 17.8 Å². The molecule has 2 atom stereocenters. The van der Waals surface area contributed by atoms with Crippen LogP contribution in [0, 0.1) is 17.8 Å². The molecule has 1 aliphatic rings. The SMILES string of the molecule is CCC(CC)CN1CC(C(C)C)NCC1CC(C)C. The topological polar surface area (TPSA) is 15.3 Å². The molecule has 1 rings (SSSR count). The lowest BCUT2D eigenvalue weighted by atomic mass is 9.93. The van der Waals surface area contributed by atoms with Crippen LogP contribution in [0.15, 0.2) is 0 Å². The maximum absolute atomic E-state index is 3.77. The van der Waals surface area contributed by atoms with E-state index in [2.05, 4.69) is 51.8 Å². The van der Waals surface area contributed by atoms with Crippen molar-refractivity contribution in [3.63, 3.8) is 0 Å². The first-order valence-corrected chi connectivity index (χ1v) is 8.45. The zero-order valence-corrected chi connectivity index (χ0v) is 14.1. The lowest BCUT2D eigenvalue weighted by molar-refractivity contribution is 0.0814. The molecule has 2 nitrogen and oxygen atoms in total. The first kappa shape index (κ1) is 17.0. The molecule has 0 spiro atoms. The van der Waals surface area contributed by atoms with Crippen LogP contribution in [0.1, 0.15) is 60.8 Å². The van der Waals surface area contributed by atoms with Crippen molar-refractivity contribution < 1.29 is 0 Å². The van der Waals surface area contributed by atoms with Crippen LogP contribution < -0.4 is 5.32 Å². The van der Waals surface area contributed by atoms with E-state index in [4.69, 9.17) is 0 Å². The van der Waals surface area contributed by atoms with Crippen LogP contribution in [0.4, 0.5) is 0 Å².